The Labute approximate surface area is 168 Å². The maximum absolute atomic E-state index is 12.3. The lowest BCUT2D eigenvalue weighted by molar-refractivity contribution is -0.113. The van der Waals surface area contributed by atoms with E-state index in [2.05, 4.69) is 20.5 Å². The van der Waals surface area contributed by atoms with Crippen LogP contribution < -0.4 is 16.6 Å². The number of thioether (sulfide) groups is 1. The van der Waals surface area contributed by atoms with E-state index in [0.717, 1.165) is 11.8 Å². The SMILES string of the molecule is Nc1ccccc1-c1nnc(SCC(=O)Nc2c(Cl)cccc2Cl)[nH]c1=O. The molecule has 7 nitrogen and oxygen atoms in total. The molecule has 0 atom stereocenters. The first-order chi connectivity index (χ1) is 13.0. The Bertz CT molecular complexity index is 1040. The number of halogens is 2. The molecule has 1 aromatic heterocycles. The number of nitrogen functional groups attached to an aromatic ring is 1. The second kappa shape index (κ2) is 8.43. The van der Waals surface area contributed by atoms with Crippen molar-refractivity contribution in [3.05, 3.63) is 62.9 Å². The summed E-state index contributed by atoms with van der Waals surface area (Å²) in [5.41, 5.74) is 6.78. The van der Waals surface area contributed by atoms with Gasteiger partial charge in [-0.05, 0) is 18.2 Å². The number of H-pyrrole nitrogens is 1. The highest BCUT2D eigenvalue weighted by atomic mass is 35.5. The number of nitrogens with two attached hydrogens (primary N) is 1. The van der Waals surface area contributed by atoms with Gasteiger partial charge in [0.2, 0.25) is 5.91 Å². The van der Waals surface area contributed by atoms with Gasteiger partial charge in [0.05, 0.1) is 21.5 Å². The number of rotatable bonds is 5. The van der Waals surface area contributed by atoms with Crippen molar-refractivity contribution in [1.29, 1.82) is 0 Å². The van der Waals surface area contributed by atoms with Crippen LogP contribution >= 0.6 is 35.0 Å². The molecule has 10 heteroatoms. The number of nitrogens with one attached hydrogen (secondary N) is 2. The van der Waals surface area contributed by atoms with Crippen LogP contribution in [0.5, 0.6) is 0 Å². The van der Waals surface area contributed by atoms with Crippen molar-refractivity contribution in [2.45, 2.75) is 5.16 Å². The molecule has 0 saturated heterocycles. The molecule has 2 aromatic carbocycles. The van der Waals surface area contributed by atoms with Crippen molar-refractivity contribution < 1.29 is 4.79 Å². The van der Waals surface area contributed by atoms with Crippen LogP contribution in [0.1, 0.15) is 0 Å². The molecular formula is C17H13Cl2N5O2S. The Morgan fingerprint density at radius 3 is 2.48 bits per heavy atom. The summed E-state index contributed by atoms with van der Waals surface area (Å²) < 4.78 is 0. The first-order valence-electron chi connectivity index (χ1n) is 7.64. The van der Waals surface area contributed by atoms with Gasteiger partial charge in [-0.2, -0.15) is 0 Å². The summed E-state index contributed by atoms with van der Waals surface area (Å²) in [5, 5.41) is 11.4. The van der Waals surface area contributed by atoms with Crippen LogP contribution in [0.25, 0.3) is 11.3 Å². The first-order valence-corrected chi connectivity index (χ1v) is 9.38. The summed E-state index contributed by atoms with van der Waals surface area (Å²) in [6.45, 7) is 0. The molecule has 0 radical (unpaired) electrons. The molecule has 0 aliphatic heterocycles. The lowest BCUT2D eigenvalue weighted by atomic mass is 10.1. The van der Waals surface area contributed by atoms with E-state index in [1.165, 1.54) is 0 Å². The van der Waals surface area contributed by atoms with Gasteiger partial charge < -0.3 is 11.1 Å². The monoisotopic (exact) mass is 421 g/mol. The topological polar surface area (TPSA) is 114 Å². The van der Waals surface area contributed by atoms with E-state index in [-0.39, 0.29) is 22.5 Å². The minimum absolute atomic E-state index is 0.0149. The van der Waals surface area contributed by atoms with Crippen LogP contribution in [0.2, 0.25) is 10.0 Å². The summed E-state index contributed by atoms with van der Waals surface area (Å²) in [6, 6.07) is 11.8. The largest absolute Gasteiger partial charge is 0.398 e. The van der Waals surface area contributed by atoms with Crippen molar-refractivity contribution in [2.24, 2.45) is 0 Å². The zero-order chi connectivity index (χ0) is 19.4. The summed E-state index contributed by atoms with van der Waals surface area (Å²) in [4.78, 5) is 26.9. The zero-order valence-corrected chi connectivity index (χ0v) is 16.0. The van der Waals surface area contributed by atoms with E-state index in [1.807, 2.05) is 0 Å². The van der Waals surface area contributed by atoms with Crippen molar-refractivity contribution in [2.75, 3.05) is 16.8 Å². The molecule has 0 aliphatic carbocycles. The molecule has 3 rings (SSSR count). The molecule has 0 saturated carbocycles. The highest BCUT2D eigenvalue weighted by Gasteiger charge is 2.13. The fraction of sp³-hybridized carbons (Fsp3) is 0.0588. The number of carbonyl (C=O) groups is 1. The molecule has 27 heavy (non-hydrogen) atoms. The van der Waals surface area contributed by atoms with E-state index in [0.29, 0.717) is 27.0 Å². The fourth-order valence-electron chi connectivity index (χ4n) is 2.20. The number of benzene rings is 2. The summed E-state index contributed by atoms with van der Waals surface area (Å²) in [5.74, 6) is -0.368. The van der Waals surface area contributed by atoms with E-state index in [1.54, 1.807) is 42.5 Å². The van der Waals surface area contributed by atoms with E-state index < -0.39 is 5.56 Å². The smallest absolute Gasteiger partial charge is 0.278 e. The van der Waals surface area contributed by atoms with Gasteiger partial charge in [-0.25, -0.2) is 0 Å². The van der Waals surface area contributed by atoms with Crippen LogP contribution in [0, 0.1) is 0 Å². The predicted octanol–water partition coefficient (Wildman–Crippen LogP) is 3.45. The van der Waals surface area contributed by atoms with E-state index in [4.69, 9.17) is 28.9 Å². The number of aromatic nitrogens is 3. The van der Waals surface area contributed by atoms with Gasteiger partial charge in [0.15, 0.2) is 10.9 Å². The Morgan fingerprint density at radius 2 is 1.81 bits per heavy atom. The van der Waals surface area contributed by atoms with Crippen LogP contribution in [-0.4, -0.2) is 26.8 Å². The van der Waals surface area contributed by atoms with E-state index in [9.17, 15) is 9.59 Å². The van der Waals surface area contributed by atoms with Crippen molar-refractivity contribution in [1.82, 2.24) is 15.2 Å². The maximum Gasteiger partial charge on any atom is 0.278 e. The average molecular weight is 422 g/mol. The normalized spacial score (nSPS) is 10.6. The average Bonchev–Trinajstić information content (AvgIpc) is 2.64. The van der Waals surface area contributed by atoms with Crippen LogP contribution in [0.3, 0.4) is 0 Å². The molecule has 0 unspecified atom stereocenters. The van der Waals surface area contributed by atoms with Crippen LogP contribution in [-0.2, 0) is 4.79 Å². The lowest BCUT2D eigenvalue weighted by Gasteiger charge is -2.08. The summed E-state index contributed by atoms with van der Waals surface area (Å²) in [7, 11) is 0. The Balaban J connectivity index is 1.68. The Hall–Kier alpha value is -2.55. The third-order valence-electron chi connectivity index (χ3n) is 3.46. The van der Waals surface area contributed by atoms with Gasteiger partial charge in [0, 0.05) is 11.3 Å². The molecule has 0 fully saturated rings. The maximum atomic E-state index is 12.3. The van der Waals surface area contributed by atoms with Gasteiger partial charge >= 0.3 is 0 Å². The number of hydrogen-bond donors (Lipinski definition) is 3. The number of hydrogen-bond acceptors (Lipinski definition) is 6. The number of amides is 1. The quantitative estimate of drug-likeness (QED) is 0.429. The molecule has 1 heterocycles. The highest BCUT2D eigenvalue weighted by molar-refractivity contribution is 7.99. The second-order valence-corrected chi connectivity index (χ2v) is 7.11. The molecule has 3 aromatic rings. The summed E-state index contributed by atoms with van der Waals surface area (Å²) >= 11 is 13.1. The number of para-hydroxylation sites is 2. The van der Waals surface area contributed by atoms with Crippen LogP contribution in [0.4, 0.5) is 11.4 Å². The number of carbonyl (C=O) groups excluding carboxylic acids is 1. The molecule has 0 aliphatic rings. The van der Waals surface area contributed by atoms with Gasteiger partial charge in [0.25, 0.3) is 5.56 Å². The number of anilines is 2. The molecule has 0 bridgehead atoms. The molecule has 0 spiro atoms. The van der Waals surface area contributed by atoms with Crippen molar-refractivity contribution in [3.63, 3.8) is 0 Å². The molecule has 138 valence electrons. The number of aromatic amines is 1. The van der Waals surface area contributed by atoms with Gasteiger partial charge in [-0.15, -0.1) is 10.2 Å². The van der Waals surface area contributed by atoms with Crippen LogP contribution in [0.15, 0.2) is 52.4 Å². The van der Waals surface area contributed by atoms with Gasteiger partial charge in [-0.1, -0.05) is 59.2 Å². The Morgan fingerprint density at radius 1 is 1.11 bits per heavy atom. The zero-order valence-electron chi connectivity index (χ0n) is 13.7. The van der Waals surface area contributed by atoms with Crippen molar-refractivity contribution >= 4 is 52.2 Å². The minimum Gasteiger partial charge on any atom is -0.398 e. The van der Waals surface area contributed by atoms with Crippen molar-refractivity contribution in [3.8, 4) is 11.3 Å². The minimum atomic E-state index is -0.444. The second-order valence-electron chi connectivity index (χ2n) is 5.33. The van der Waals surface area contributed by atoms with Gasteiger partial charge in [-0.3, -0.25) is 14.6 Å². The lowest BCUT2D eigenvalue weighted by Crippen LogP contribution is -2.17. The fourth-order valence-corrected chi connectivity index (χ4v) is 3.30. The van der Waals surface area contributed by atoms with E-state index >= 15 is 0 Å². The number of nitrogens with zero attached hydrogens (tertiary/aromatic N) is 2. The molecule has 4 N–H and O–H groups in total. The predicted molar refractivity (Wildman–Crippen MR) is 108 cm³/mol. The Kier molecular flexibility index (Phi) is 6.00. The third kappa shape index (κ3) is 4.60. The summed E-state index contributed by atoms with van der Waals surface area (Å²) in [6.07, 6.45) is 0. The molecular weight excluding hydrogens is 409 g/mol. The standard InChI is InChI=1S/C17H13Cl2N5O2S/c18-10-5-3-6-11(19)15(10)21-13(25)8-27-17-22-16(26)14(23-24-17)9-4-1-2-7-12(9)20/h1-7H,8,20H2,(H,21,25)(H,22,24,26). The highest BCUT2D eigenvalue weighted by Crippen LogP contribution is 2.30. The first kappa shape index (κ1) is 19.2. The molecule has 1 amide bonds. The third-order valence-corrected chi connectivity index (χ3v) is 4.95. The van der Waals surface area contributed by atoms with Gasteiger partial charge in [0.1, 0.15) is 0 Å².